The third-order valence-electron chi connectivity index (χ3n) is 7.00. The number of anilines is 1. The molecule has 9 heteroatoms. The summed E-state index contributed by atoms with van der Waals surface area (Å²) in [4.78, 5) is 28.7. The van der Waals surface area contributed by atoms with E-state index in [1.807, 2.05) is 64.1 Å². The molecule has 0 aliphatic rings. The van der Waals surface area contributed by atoms with Crippen molar-refractivity contribution in [1.82, 2.24) is 10.2 Å². The maximum atomic E-state index is 14.8. The first-order chi connectivity index (χ1) is 19.4. The zero-order chi connectivity index (χ0) is 30.2. The lowest BCUT2D eigenvalue weighted by molar-refractivity contribution is -0.141. The first-order valence-electron chi connectivity index (χ1n) is 13.8. The Morgan fingerprint density at radius 2 is 1.59 bits per heavy atom. The van der Waals surface area contributed by atoms with Crippen molar-refractivity contribution in [3.8, 4) is 0 Å². The fourth-order valence-corrected chi connectivity index (χ4v) is 5.75. The number of rotatable bonds is 13. The van der Waals surface area contributed by atoms with Crippen LogP contribution in [0.3, 0.4) is 0 Å². The largest absolute Gasteiger partial charge is 0.352 e. The third kappa shape index (κ3) is 8.88. The highest BCUT2D eigenvalue weighted by molar-refractivity contribution is 7.92. The molecule has 0 saturated heterocycles. The molecule has 0 unspecified atom stereocenters. The van der Waals surface area contributed by atoms with Gasteiger partial charge in [0, 0.05) is 37.5 Å². The molecule has 0 aromatic heterocycles. The maximum absolute atomic E-state index is 14.8. The average molecular weight is 582 g/mol. The summed E-state index contributed by atoms with van der Waals surface area (Å²) in [5.74, 6) is -1.16. The number of aryl methyl sites for hydroxylation is 1. The van der Waals surface area contributed by atoms with Crippen molar-refractivity contribution >= 4 is 27.5 Å². The zero-order valence-corrected chi connectivity index (χ0v) is 25.2. The number of hydrogen-bond acceptors (Lipinski definition) is 4. The highest BCUT2D eigenvalue weighted by atomic mass is 32.2. The Bertz CT molecular complexity index is 1440. The van der Waals surface area contributed by atoms with E-state index < -0.39 is 21.9 Å². The van der Waals surface area contributed by atoms with Crippen LogP contribution in [0, 0.1) is 19.7 Å². The second kappa shape index (κ2) is 14.3. The Labute approximate surface area is 243 Å². The predicted molar refractivity (Wildman–Crippen MR) is 162 cm³/mol. The molecular formula is C32H40FN3O4S. The van der Waals surface area contributed by atoms with E-state index >= 15 is 0 Å². The molecule has 1 N–H and O–H groups in total. The van der Waals surface area contributed by atoms with Crippen LogP contribution in [0.25, 0.3) is 0 Å². The lowest BCUT2D eigenvalue weighted by atomic mass is 10.0. The summed E-state index contributed by atoms with van der Waals surface area (Å²) in [6.07, 6.45) is 1.59. The van der Waals surface area contributed by atoms with E-state index in [9.17, 15) is 22.4 Å². The summed E-state index contributed by atoms with van der Waals surface area (Å²) in [5.41, 5.74) is 3.54. The summed E-state index contributed by atoms with van der Waals surface area (Å²) in [7, 11) is -3.62. The van der Waals surface area contributed by atoms with Gasteiger partial charge in [-0.1, -0.05) is 60.7 Å². The second-order valence-electron chi connectivity index (χ2n) is 10.6. The van der Waals surface area contributed by atoms with Gasteiger partial charge in [0.15, 0.2) is 0 Å². The molecule has 220 valence electrons. The summed E-state index contributed by atoms with van der Waals surface area (Å²) < 4.78 is 41.5. The first-order valence-corrected chi connectivity index (χ1v) is 15.6. The number of nitrogens with zero attached hydrogens (tertiary/aromatic N) is 2. The number of nitrogens with one attached hydrogen (secondary N) is 1. The molecule has 0 heterocycles. The molecule has 41 heavy (non-hydrogen) atoms. The summed E-state index contributed by atoms with van der Waals surface area (Å²) in [6.45, 7) is 7.45. The Morgan fingerprint density at radius 1 is 0.927 bits per heavy atom. The minimum atomic E-state index is -3.62. The average Bonchev–Trinajstić information content (AvgIpc) is 2.91. The van der Waals surface area contributed by atoms with Crippen molar-refractivity contribution in [2.75, 3.05) is 17.1 Å². The van der Waals surface area contributed by atoms with Crippen molar-refractivity contribution in [2.24, 2.45) is 0 Å². The fourth-order valence-electron chi connectivity index (χ4n) is 4.73. The lowest BCUT2D eigenvalue weighted by Crippen LogP contribution is -2.52. The van der Waals surface area contributed by atoms with Gasteiger partial charge in [-0.2, -0.15) is 0 Å². The molecule has 0 bridgehead atoms. The molecule has 3 aromatic rings. The highest BCUT2D eigenvalue weighted by Gasteiger charge is 2.31. The van der Waals surface area contributed by atoms with E-state index in [0.29, 0.717) is 11.3 Å². The van der Waals surface area contributed by atoms with Gasteiger partial charge < -0.3 is 10.2 Å². The van der Waals surface area contributed by atoms with Crippen LogP contribution < -0.4 is 9.62 Å². The molecule has 0 radical (unpaired) electrons. The third-order valence-corrected chi connectivity index (χ3v) is 8.18. The van der Waals surface area contributed by atoms with Gasteiger partial charge in [0.25, 0.3) is 0 Å². The number of hydrogen-bond donors (Lipinski definition) is 1. The van der Waals surface area contributed by atoms with E-state index in [1.54, 1.807) is 30.3 Å². The molecule has 3 rings (SSSR count). The van der Waals surface area contributed by atoms with Crippen LogP contribution in [0.1, 0.15) is 48.9 Å². The van der Waals surface area contributed by atoms with Gasteiger partial charge in [0.2, 0.25) is 21.8 Å². The lowest BCUT2D eigenvalue weighted by Gasteiger charge is -2.32. The Hall–Kier alpha value is -3.72. The van der Waals surface area contributed by atoms with Crippen LogP contribution in [0.4, 0.5) is 10.1 Å². The van der Waals surface area contributed by atoms with E-state index in [1.165, 1.54) is 15.3 Å². The summed E-state index contributed by atoms with van der Waals surface area (Å²) in [5, 5.41) is 2.91. The number of halogens is 1. The second-order valence-corrected chi connectivity index (χ2v) is 12.5. The molecule has 2 amide bonds. The normalized spacial score (nSPS) is 12.2. The minimum Gasteiger partial charge on any atom is -0.352 e. The van der Waals surface area contributed by atoms with Crippen molar-refractivity contribution in [3.63, 3.8) is 0 Å². The van der Waals surface area contributed by atoms with Crippen molar-refractivity contribution in [3.05, 3.63) is 101 Å². The monoisotopic (exact) mass is 581 g/mol. The van der Waals surface area contributed by atoms with Crippen molar-refractivity contribution in [2.45, 2.75) is 65.6 Å². The van der Waals surface area contributed by atoms with E-state index in [4.69, 9.17) is 0 Å². The van der Waals surface area contributed by atoms with Crippen LogP contribution >= 0.6 is 0 Å². The smallest absolute Gasteiger partial charge is 0.243 e. The molecule has 0 spiro atoms. The first kappa shape index (κ1) is 31.8. The minimum absolute atomic E-state index is 0.0222. The van der Waals surface area contributed by atoms with Gasteiger partial charge >= 0.3 is 0 Å². The van der Waals surface area contributed by atoms with Crippen LogP contribution in [-0.4, -0.2) is 50.0 Å². The molecule has 0 fully saturated rings. The van der Waals surface area contributed by atoms with Gasteiger partial charge in [-0.25, -0.2) is 12.8 Å². The molecule has 0 saturated carbocycles. The standard InChI is InChI=1S/C32H40FN3O4S/c1-23(2)34-32(38)30(21-26-14-7-6-8-15-26)35(22-27-16-9-10-17-28(27)33)31(37)19-12-20-36(41(5,39)40)29-18-11-13-24(3)25(29)4/h6-11,13-18,23,30H,12,19-22H2,1-5H3,(H,34,38)/t30-/m1/s1. The molecule has 0 aliphatic carbocycles. The number of carbonyl (C=O) groups excluding carboxylic acids is 2. The SMILES string of the molecule is Cc1cccc(N(CCCC(=O)N(Cc2ccccc2F)[C@H](Cc2ccccc2)C(=O)NC(C)C)S(C)(=O)=O)c1C. The van der Waals surface area contributed by atoms with Gasteiger partial charge in [-0.15, -0.1) is 0 Å². The van der Waals surface area contributed by atoms with Crippen molar-refractivity contribution in [1.29, 1.82) is 0 Å². The predicted octanol–water partition coefficient (Wildman–Crippen LogP) is 5.15. The van der Waals surface area contributed by atoms with Crippen LogP contribution in [0.2, 0.25) is 0 Å². The summed E-state index contributed by atoms with van der Waals surface area (Å²) in [6, 6.07) is 20.0. The number of amides is 2. The number of sulfonamides is 1. The Balaban J connectivity index is 1.91. The van der Waals surface area contributed by atoms with Crippen LogP contribution in [-0.2, 0) is 32.6 Å². The van der Waals surface area contributed by atoms with Gasteiger partial charge in [0.1, 0.15) is 11.9 Å². The topological polar surface area (TPSA) is 86.8 Å². The molecule has 3 aromatic carbocycles. The Morgan fingerprint density at radius 3 is 2.22 bits per heavy atom. The van der Waals surface area contributed by atoms with Gasteiger partial charge in [-0.05, 0) is 62.9 Å². The zero-order valence-electron chi connectivity index (χ0n) is 24.4. The van der Waals surface area contributed by atoms with E-state index in [0.717, 1.165) is 22.9 Å². The molecular weight excluding hydrogens is 541 g/mol. The molecule has 1 atom stereocenters. The van der Waals surface area contributed by atoms with Gasteiger partial charge in [0.05, 0.1) is 11.9 Å². The quantitative estimate of drug-likeness (QED) is 0.302. The molecule has 7 nitrogen and oxygen atoms in total. The Kier molecular flexibility index (Phi) is 11.1. The maximum Gasteiger partial charge on any atom is 0.243 e. The van der Waals surface area contributed by atoms with Crippen LogP contribution in [0.5, 0.6) is 0 Å². The highest BCUT2D eigenvalue weighted by Crippen LogP contribution is 2.26. The summed E-state index contributed by atoms with van der Waals surface area (Å²) >= 11 is 0. The fraction of sp³-hybridized carbons (Fsp3) is 0.375. The number of carbonyl (C=O) groups is 2. The van der Waals surface area contributed by atoms with Gasteiger partial charge in [-0.3, -0.25) is 13.9 Å². The van der Waals surface area contributed by atoms with Crippen LogP contribution in [0.15, 0.2) is 72.8 Å². The van der Waals surface area contributed by atoms with E-state index in [-0.39, 0.29) is 50.2 Å². The molecule has 0 aliphatic heterocycles. The number of benzene rings is 3. The van der Waals surface area contributed by atoms with E-state index in [2.05, 4.69) is 5.32 Å². The van der Waals surface area contributed by atoms with Crippen molar-refractivity contribution < 1.29 is 22.4 Å².